The molecule has 14 heteroatoms. The summed E-state index contributed by atoms with van der Waals surface area (Å²) in [4.78, 5) is 61.9. The summed E-state index contributed by atoms with van der Waals surface area (Å²) in [6.45, 7) is 8.62. The third kappa shape index (κ3) is 19.4. The largest absolute Gasteiger partial charge is 0.379 e. The van der Waals surface area contributed by atoms with Crippen LogP contribution in [0.3, 0.4) is 0 Å². The van der Waals surface area contributed by atoms with Gasteiger partial charge in [0, 0.05) is 38.1 Å². The molecule has 45 heavy (non-hydrogen) atoms. The summed E-state index contributed by atoms with van der Waals surface area (Å²) in [6, 6.07) is -0.769. The summed E-state index contributed by atoms with van der Waals surface area (Å²) in [5, 5.41) is 2.46. The molecule has 1 rings (SSSR count). The second-order valence-corrected chi connectivity index (χ2v) is 12.5. The van der Waals surface area contributed by atoms with Gasteiger partial charge in [-0.2, -0.15) is 0 Å². The van der Waals surface area contributed by atoms with E-state index in [2.05, 4.69) is 5.32 Å². The number of Topliss-reactive ketones (excluding diaryl/α,β-unsaturated/α-hetero) is 2. The smallest absolute Gasteiger partial charge is 0.242 e. The number of nitrogens with two attached hydrogens (primary N) is 2. The zero-order chi connectivity index (χ0) is 33.3. The average Bonchev–Trinajstić information content (AvgIpc) is 3.29. The predicted molar refractivity (Wildman–Crippen MR) is 173 cm³/mol. The Bertz CT molecular complexity index is 878. The molecule has 0 saturated carbocycles. The van der Waals surface area contributed by atoms with E-state index in [9.17, 15) is 24.0 Å². The van der Waals surface area contributed by atoms with Gasteiger partial charge in [0.2, 0.25) is 23.5 Å². The quantitative estimate of drug-likeness (QED) is 0.0569. The lowest BCUT2D eigenvalue weighted by Crippen LogP contribution is -2.40. The van der Waals surface area contributed by atoms with Crippen LogP contribution in [0.4, 0.5) is 0 Å². The number of carbonyl (C=O) groups excluding carboxylic acids is 5. The van der Waals surface area contributed by atoms with Gasteiger partial charge in [0.25, 0.3) is 0 Å². The van der Waals surface area contributed by atoms with Crippen molar-refractivity contribution in [3.05, 3.63) is 0 Å². The van der Waals surface area contributed by atoms with Crippen molar-refractivity contribution in [2.45, 2.75) is 82.9 Å². The van der Waals surface area contributed by atoms with Gasteiger partial charge in [-0.1, -0.05) is 26.7 Å². The third-order valence-corrected chi connectivity index (χ3v) is 8.30. The van der Waals surface area contributed by atoms with E-state index in [-0.39, 0.29) is 36.5 Å². The van der Waals surface area contributed by atoms with E-state index < -0.39 is 22.9 Å². The Kier molecular flexibility index (Phi) is 23.9. The van der Waals surface area contributed by atoms with E-state index in [1.165, 1.54) is 16.7 Å². The molecule has 0 aromatic carbocycles. The van der Waals surface area contributed by atoms with Gasteiger partial charge >= 0.3 is 0 Å². The Labute approximate surface area is 272 Å². The second-order valence-electron chi connectivity index (χ2n) is 11.2. The zero-order valence-corrected chi connectivity index (χ0v) is 28.1. The third-order valence-electron chi connectivity index (χ3n) is 7.12. The molecule has 2 atom stereocenters. The molecule has 0 aliphatic carbocycles. The summed E-state index contributed by atoms with van der Waals surface area (Å²) in [6.07, 6.45) is 5.33. The highest BCUT2D eigenvalue weighted by Crippen LogP contribution is 2.25. The summed E-state index contributed by atoms with van der Waals surface area (Å²) in [5.41, 5.74) is 11.2. The first-order chi connectivity index (χ1) is 21.7. The van der Waals surface area contributed by atoms with Crippen molar-refractivity contribution in [3.8, 4) is 0 Å². The standard InChI is InChI=1S/C31H56N4O9S/c1-24(2)29(33)30(39)25(36)9-5-3-8-13-35-28(38)23-26(31(35)40)45-22-21-44-20-19-43-18-17-42-16-15-41-14-10-27(37)34-12-7-4-6-11-32/h24,26,29H,3-23,32-33H2,1-2H3,(H,34,37)/t26?,29-/m0/s1. The number of unbranched alkanes of at least 4 members (excludes halogenated alkanes) is 4. The highest BCUT2D eigenvalue weighted by Gasteiger charge is 2.38. The summed E-state index contributed by atoms with van der Waals surface area (Å²) >= 11 is 1.42. The number of ketones is 2. The lowest BCUT2D eigenvalue weighted by molar-refractivity contribution is -0.138. The van der Waals surface area contributed by atoms with E-state index in [4.69, 9.17) is 30.4 Å². The predicted octanol–water partition coefficient (Wildman–Crippen LogP) is 1.23. The maximum Gasteiger partial charge on any atom is 0.242 e. The van der Waals surface area contributed by atoms with Crippen molar-refractivity contribution in [1.82, 2.24) is 10.2 Å². The maximum absolute atomic E-state index is 12.6. The SMILES string of the molecule is CC(C)[C@H](N)C(=O)C(=O)CCCCCN1C(=O)CC(SCCOCCOCCOCCOCCC(=O)NCCCCCN)C1=O. The number of amides is 3. The molecule has 1 unspecified atom stereocenters. The Hall–Kier alpha value is -1.94. The number of nitrogens with one attached hydrogen (secondary N) is 1. The van der Waals surface area contributed by atoms with Gasteiger partial charge in [0.15, 0.2) is 5.78 Å². The Morgan fingerprint density at radius 2 is 1.44 bits per heavy atom. The normalized spacial score (nSPS) is 15.7. The minimum atomic E-state index is -0.769. The van der Waals surface area contributed by atoms with Gasteiger partial charge in [-0.15, -0.1) is 11.8 Å². The van der Waals surface area contributed by atoms with Crippen molar-refractivity contribution in [2.24, 2.45) is 17.4 Å². The molecular weight excluding hydrogens is 604 g/mol. The molecule has 1 heterocycles. The van der Waals surface area contributed by atoms with Crippen LogP contribution in [0.25, 0.3) is 0 Å². The van der Waals surface area contributed by atoms with Gasteiger partial charge in [0.05, 0.1) is 64.1 Å². The number of hydrogen-bond donors (Lipinski definition) is 3. The van der Waals surface area contributed by atoms with E-state index in [1.54, 1.807) is 13.8 Å². The first kappa shape index (κ1) is 41.1. The van der Waals surface area contributed by atoms with Crippen molar-refractivity contribution in [2.75, 3.05) is 78.2 Å². The highest BCUT2D eigenvalue weighted by molar-refractivity contribution is 8.00. The molecule has 0 bridgehead atoms. The molecule has 0 spiro atoms. The Morgan fingerprint density at radius 1 is 0.844 bits per heavy atom. The number of nitrogens with zero attached hydrogens (tertiary/aromatic N) is 1. The lowest BCUT2D eigenvalue weighted by atomic mass is 9.96. The number of hydrogen-bond acceptors (Lipinski definition) is 12. The van der Waals surface area contributed by atoms with Gasteiger partial charge < -0.3 is 35.7 Å². The van der Waals surface area contributed by atoms with Crippen molar-refractivity contribution < 1.29 is 42.9 Å². The van der Waals surface area contributed by atoms with Crippen LogP contribution in [0.2, 0.25) is 0 Å². The molecule has 5 N–H and O–H groups in total. The first-order valence-corrected chi connectivity index (χ1v) is 17.3. The molecule has 0 radical (unpaired) electrons. The number of carbonyl (C=O) groups is 5. The average molecular weight is 661 g/mol. The van der Waals surface area contributed by atoms with Crippen LogP contribution in [0, 0.1) is 5.92 Å². The van der Waals surface area contributed by atoms with E-state index >= 15 is 0 Å². The van der Waals surface area contributed by atoms with Crippen LogP contribution in [0.1, 0.15) is 71.6 Å². The fraction of sp³-hybridized carbons (Fsp3) is 0.839. The summed E-state index contributed by atoms with van der Waals surface area (Å²) in [5.74, 6) is -0.857. The van der Waals surface area contributed by atoms with Crippen LogP contribution < -0.4 is 16.8 Å². The fourth-order valence-corrected chi connectivity index (χ4v) is 5.33. The monoisotopic (exact) mass is 660 g/mol. The summed E-state index contributed by atoms with van der Waals surface area (Å²) in [7, 11) is 0. The van der Waals surface area contributed by atoms with E-state index in [1.807, 2.05) is 0 Å². The lowest BCUT2D eigenvalue weighted by Gasteiger charge is -2.15. The van der Waals surface area contributed by atoms with Crippen LogP contribution in [-0.2, 0) is 42.9 Å². The van der Waals surface area contributed by atoms with Crippen molar-refractivity contribution in [3.63, 3.8) is 0 Å². The van der Waals surface area contributed by atoms with Crippen molar-refractivity contribution >= 4 is 41.0 Å². The topological polar surface area (TPSA) is 190 Å². The number of likely N-dealkylation sites (tertiary alicyclic amines) is 1. The van der Waals surface area contributed by atoms with Crippen LogP contribution in [0.5, 0.6) is 0 Å². The highest BCUT2D eigenvalue weighted by atomic mass is 32.2. The number of rotatable bonds is 30. The molecule has 3 amide bonds. The number of thioether (sulfide) groups is 1. The Morgan fingerprint density at radius 3 is 2.07 bits per heavy atom. The molecule has 0 aromatic heterocycles. The van der Waals surface area contributed by atoms with Crippen molar-refractivity contribution in [1.29, 1.82) is 0 Å². The number of imide groups is 1. The van der Waals surface area contributed by atoms with E-state index in [0.29, 0.717) is 104 Å². The van der Waals surface area contributed by atoms with Gasteiger partial charge in [-0.25, -0.2) is 0 Å². The molecular formula is C31H56N4O9S. The maximum atomic E-state index is 12.6. The molecule has 0 aromatic rings. The molecule has 1 fully saturated rings. The molecule has 1 aliphatic heterocycles. The van der Waals surface area contributed by atoms with E-state index in [0.717, 1.165) is 19.3 Å². The van der Waals surface area contributed by atoms with Gasteiger partial charge in [-0.3, -0.25) is 28.9 Å². The molecule has 1 aliphatic rings. The first-order valence-electron chi connectivity index (χ1n) is 16.2. The Balaban J connectivity index is 1.94. The molecule has 260 valence electrons. The van der Waals surface area contributed by atoms with Crippen LogP contribution >= 0.6 is 11.8 Å². The zero-order valence-electron chi connectivity index (χ0n) is 27.3. The minimum Gasteiger partial charge on any atom is -0.379 e. The minimum absolute atomic E-state index is 0.0131. The van der Waals surface area contributed by atoms with Gasteiger partial charge in [0.1, 0.15) is 0 Å². The second kappa shape index (κ2) is 26.2. The summed E-state index contributed by atoms with van der Waals surface area (Å²) < 4.78 is 21.9. The van der Waals surface area contributed by atoms with Crippen LogP contribution in [0.15, 0.2) is 0 Å². The molecule has 1 saturated heterocycles. The van der Waals surface area contributed by atoms with Gasteiger partial charge in [-0.05, 0) is 38.1 Å². The fourth-order valence-electron chi connectivity index (χ4n) is 4.30. The molecule has 13 nitrogen and oxygen atoms in total. The van der Waals surface area contributed by atoms with Crippen LogP contribution in [-0.4, -0.2) is 124 Å². The number of ether oxygens (including phenoxy) is 4.